The van der Waals surface area contributed by atoms with E-state index in [4.69, 9.17) is 9.52 Å². The summed E-state index contributed by atoms with van der Waals surface area (Å²) < 4.78 is 17.9. The Kier molecular flexibility index (Phi) is 4.93. The predicted molar refractivity (Wildman–Crippen MR) is 78.4 cm³/mol. The quantitative estimate of drug-likeness (QED) is 0.860. The summed E-state index contributed by atoms with van der Waals surface area (Å²) in [7, 11) is 0. The lowest BCUT2D eigenvalue weighted by molar-refractivity contribution is -0.139. The van der Waals surface area contributed by atoms with Gasteiger partial charge in [0.15, 0.2) is 11.8 Å². The summed E-state index contributed by atoms with van der Waals surface area (Å²) in [5, 5.41) is 10.8. The first-order chi connectivity index (χ1) is 10.5. The Hall–Kier alpha value is -2.63. The molecule has 1 aromatic carbocycles. The first-order valence-electron chi connectivity index (χ1n) is 6.84. The van der Waals surface area contributed by atoms with Gasteiger partial charge in [0.25, 0.3) is 5.91 Å². The molecule has 1 atom stereocenters. The van der Waals surface area contributed by atoms with Crippen LogP contribution in [0.3, 0.4) is 0 Å². The van der Waals surface area contributed by atoms with E-state index >= 15 is 0 Å². The lowest BCUT2D eigenvalue weighted by atomic mass is 10.1. The average molecular weight is 305 g/mol. The molecule has 0 bridgehead atoms. The summed E-state index contributed by atoms with van der Waals surface area (Å²) in [5.41, 5.74) is 1.98. The maximum atomic E-state index is 12.5. The highest BCUT2D eigenvalue weighted by molar-refractivity contribution is 5.94. The predicted octanol–water partition coefficient (Wildman–Crippen LogP) is 2.66. The zero-order valence-electron chi connectivity index (χ0n) is 12.0. The van der Waals surface area contributed by atoms with Gasteiger partial charge in [-0.05, 0) is 24.1 Å². The van der Waals surface area contributed by atoms with Crippen LogP contribution >= 0.6 is 0 Å². The topological polar surface area (TPSA) is 79.5 Å². The summed E-state index contributed by atoms with van der Waals surface area (Å²) in [6.07, 6.45) is 0.923. The van der Waals surface area contributed by atoms with E-state index in [1.807, 2.05) is 31.2 Å². The number of hydrogen-bond donors (Lipinski definition) is 2. The molecule has 0 spiro atoms. The van der Waals surface area contributed by atoms with Crippen molar-refractivity contribution >= 4 is 11.9 Å². The Morgan fingerprint density at radius 3 is 2.45 bits per heavy atom. The minimum absolute atomic E-state index is 0.0609. The number of carbonyl (C=O) groups is 2. The molecule has 0 radical (unpaired) electrons. The maximum absolute atomic E-state index is 12.5. The fourth-order valence-corrected chi connectivity index (χ4v) is 1.92. The number of carboxylic acids is 1. The van der Waals surface area contributed by atoms with Crippen LogP contribution in [0.25, 0.3) is 11.3 Å². The third-order valence-electron chi connectivity index (χ3n) is 3.23. The van der Waals surface area contributed by atoms with Gasteiger partial charge in [0.05, 0.1) is 0 Å². The van der Waals surface area contributed by atoms with Crippen molar-refractivity contribution in [2.24, 2.45) is 0 Å². The molecule has 2 aromatic rings. The van der Waals surface area contributed by atoms with Crippen LogP contribution in [0.15, 0.2) is 40.8 Å². The standard InChI is InChI=1S/C16H16FNO4/c1-2-10-3-5-11(6-4-10)13-7-8-14(22-13)15(19)18-12(9-17)16(20)21/h3-8,12H,2,9H2,1H3,(H,18,19)(H,20,21). The fraction of sp³-hybridized carbons (Fsp3) is 0.250. The number of nitrogens with one attached hydrogen (secondary N) is 1. The Morgan fingerprint density at radius 2 is 1.91 bits per heavy atom. The molecular formula is C16H16FNO4. The Bertz CT molecular complexity index is 663. The van der Waals surface area contributed by atoms with Crippen molar-refractivity contribution in [2.45, 2.75) is 19.4 Å². The first kappa shape index (κ1) is 15.8. The molecule has 5 nitrogen and oxygen atoms in total. The van der Waals surface area contributed by atoms with E-state index < -0.39 is 24.6 Å². The maximum Gasteiger partial charge on any atom is 0.328 e. The van der Waals surface area contributed by atoms with Crippen molar-refractivity contribution in [3.8, 4) is 11.3 Å². The molecule has 1 heterocycles. The lowest BCUT2D eigenvalue weighted by Crippen LogP contribution is -2.42. The number of carboxylic acid groups (broad SMARTS) is 1. The highest BCUT2D eigenvalue weighted by Gasteiger charge is 2.22. The summed E-state index contributed by atoms with van der Waals surface area (Å²) in [6, 6.07) is 9.13. The van der Waals surface area contributed by atoms with Gasteiger partial charge in [-0.1, -0.05) is 31.2 Å². The van der Waals surface area contributed by atoms with Crippen molar-refractivity contribution in [3.05, 3.63) is 47.7 Å². The van der Waals surface area contributed by atoms with E-state index in [1.54, 1.807) is 6.07 Å². The summed E-state index contributed by atoms with van der Waals surface area (Å²) >= 11 is 0. The van der Waals surface area contributed by atoms with Crippen LogP contribution < -0.4 is 5.32 Å². The minimum atomic E-state index is -1.58. The van der Waals surface area contributed by atoms with Crippen LogP contribution in [0.4, 0.5) is 4.39 Å². The third kappa shape index (κ3) is 3.52. The normalized spacial score (nSPS) is 11.9. The molecule has 0 aliphatic rings. The second kappa shape index (κ2) is 6.89. The molecule has 22 heavy (non-hydrogen) atoms. The number of halogens is 1. The Balaban J connectivity index is 2.13. The monoisotopic (exact) mass is 305 g/mol. The van der Waals surface area contributed by atoms with E-state index in [0.717, 1.165) is 12.0 Å². The molecule has 0 saturated carbocycles. The number of rotatable bonds is 6. The molecule has 116 valence electrons. The van der Waals surface area contributed by atoms with Gasteiger partial charge in [-0.25, -0.2) is 9.18 Å². The fourth-order valence-electron chi connectivity index (χ4n) is 1.92. The van der Waals surface area contributed by atoms with Crippen molar-refractivity contribution in [3.63, 3.8) is 0 Å². The van der Waals surface area contributed by atoms with E-state index in [1.165, 1.54) is 11.6 Å². The van der Waals surface area contributed by atoms with Gasteiger partial charge in [-0.15, -0.1) is 0 Å². The number of aliphatic carboxylic acids is 1. The number of aryl methyl sites for hydroxylation is 1. The summed E-state index contributed by atoms with van der Waals surface area (Å²) in [6.45, 7) is 0.862. The van der Waals surface area contributed by atoms with Gasteiger partial charge in [-0.2, -0.15) is 0 Å². The minimum Gasteiger partial charge on any atom is -0.480 e. The van der Waals surface area contributed by atoms with Gasteiger partial charge in [0.2, 0.25) is 0 Å². The van der Waals surface area contributed by atoms with E-state index in [0.29, 0.717) is 5.76 Å². The number of alkyl halides is 1. The molecule has 0 aliphatic heterocycles. The van der Waals surface area contributed by atoms with Crippen LogP contribution in [0.5, 0.6) is 0 Å². The second-order valence-electron chi connectivity index (χ2n) is 4.73. The Morgan fingerprint density at radius 1 is 1.23 bits per heavy atom. The number of hydrogen-bond acceptors (Lipinski definition) is 3. The molecule has 0 aliphatic carbocycles. The molecule has 1 amide bonds. The van der Waals surface area contributed by atoms with Crippen molar-refractivity contribution in [1.29, 1.82) is 0 Å². The summed E-state index contributed by atoms with van der Waals surface area (Å²) in [5.74, 6) is -1.77. The molecule has 0 fully saturated rings. The van der Waals surface area contributed by atoms with Gasteiger partial charge in [0.1, 0.15) is 12.4 Å². The second-order valence-corrected chi connectivity index (χ2v) is 4.73. The van der Waals surface area contributed by atoms with Crippen LogP contribution in [0.2, 0.25) is 0 Å². The molecule has 0 saturated heterocycles. The Labute approximate surface area is 126 Å². The number of carbonyl (C=O) groups excluding carboxylic acids is 1. The van der Waals surface area contributed by atoms with Crippen molar-refractivity contribution in [1.82, 2.24) is 5.32 Å². The van der Waals surface area contributed by atoms with Gasteiger partial charge < -0.3 is 14.8 Å². The molecule has 2 rings (SSSR count). The molecule has 6 heteroatoms. The molecular weight excluding hydrogens is 289 g/mol. The smallest absolute Gasteiger partial charge is 0.328 e. The van der Waals surface area contributed by atoms with Gasteiger partial charge in [-0.3, -0.25) is 4.79 Å². The highest BCUT2D eigenvalue weighted by atomic mass is 19.1. The van der Waals surface area contributed by atoms with Crippen molar-refractivity contribution in [2.75, 3.05) is 6.67 Å². The largest absolute Gasteiger partial charge is 0.480 e. The molecule has 2 N–H and O–H groups in total. The average Bonchev–Trinajstić information content (AvgIpc) is 3.02. The zero-order valence-corrected chi connectivity index (χ0v) is 12.0. The van der Waals surface area contributed by atoms with E-state index in [2.05, 4.69) is 5.32 Å². The third-order valence-corrected chi connectivity index (χ3v) is 3.23. The van der Waals surface area contributed by atoms with Crippen LogP contribution in [0, 0.1) is 0 Å². The number of furan rings is 1. The first-order valence-corrected chi connectivity index (χ1v) is 6.84. The van der Waals surface area contributed by atoms with E-state index in [9.17, 15) is 14.0 Å². The lowest BCUT2D eigenvalue weighted by Gasteiger charge is -2.08. The summed E-state index contributed by atoms with van der Waals surface area (Å²) in [4.78, 5) is 22.5. The van der Waals surface area contributed by atoms with E-state index in [-0.39, 0.29) is 5.76 Å². The zero-order chi connectivity index (χ0) is 16.1. The highest BCUT2D eigenvalue weighted by Crippen LogP contribution is 2.22. The van der Waals surface area contributed by atoms with Gasteiger partial charge >= 0.3 is 5.97 Å². The SMILES string of the molecule is CCc1ccc(-c2ccc(C(=O)NC(CF)C(=O)O)o2)cc1. The van der Waals surface area contributed by atoms with Crippen LogP contribution in [0.1, 0.15) is 23.0 Å². The van der Waals surface area contributed by atoms with Crippen molar-refractivity contribution < 1.29 is 23.5 Å². The van der Waals surface area contributed by atoms with Crippen LogP contribution in [-0.2, 0) is 11.2 Å². The number of amides is 1. The molecule has 1 aromatic heterocycles. The molecule has 1 unspecified atom stereocenters. The number of benzene rings is 1. The van der Waals surface area contributed by atoms with Crippen LogP contribution in [-0.4, -0.2) is 29.7 Å². The van der Waals surface area contributed by atoms with Gasteiger partial charge in [0, 0.05) is 5.56 Å².